The molecule has 0 unspecified atom stereocenters. The summed E-state index contributed by atoms with van der Waals surface area (Å²) in [6.07, 6.45) is 2.23. The van der Waals surface area contributed by atoms with Gasteiger partial charge in [-0.25, -0.2) is 5.43 Å². The van der Waals surface area contributed by atoms with Gasteiger partial charge in [-0.15, -0.1) is 0 Å². The lowest BCUT2D eigenvalue weighted by molar-refractivity contribution is -0.119. The summed E-state index contributed by atoms with van der Waals surface area (Å²) in [5.74, 6) is 0.109. The van der Waals surface area contributed by atoms with Crippen LogP contribution in [0.5, 0.6) is 17.2 Å². The van der Waals surface area contributed by atoms with Crippen LogP contribution in [0.15, 0.2) is 35.4 Å². The number of carbonyl (C=O) groups excluding carboxylic acids is 2. The summed E-state index contributed by atoms with van der Waals surface area (Å²) in [7, 11) is 0. The Kier molecular flexibility index (Phi) is 9.42. The Morgan fingerprint density at radius 1 is 1.06 bits per heavy atom. The summed E-state index contributed by atoms with van der Waals surface area (Å²) in [5.41, 5.74) is 8.34. The second kappa shape index (κ2) is 12.0. The number of carbonyl (C=O) groups is 2. The molecule has 31 heavy (non-hydrogen) atoms. The van der Waals surface area contributed by atoms with E-state index in [0.717, 1.165) is 6.42 Å². The number of nitrogens with one attached hydrogen (secondary N) is 1. The first-order valence-electron chi connectivity index (χ1n) is 9.48. The predicted molar refractivity (Wildman–Crippen MR) is 120 cm³/mol. The number of amides is 2. The van der Waals surface area contributed by atoms with E-state index in [1.165, 1.54) is 18.3 Å². The van der Waals surface area contributed by atoms with Crippen molar-refractivity contribution in [2.45, 2.75) is 20.3 Å². The quantitative estimate of drug-likeness (QED) is 0.385. The van der Waals surface area contributed by atoms with Gasteiger partial charge < -0.3 is 19.9 Å². The van der Waals surface area contributed by atoms with Crippen molar-refractivity contribution >= 4 is 41.2 Å². The van der Waals surface area contributed by atoms with E-state index in [1.807, 2.05) is 13.8 Å². The van der Waals surface area contributed by atoms with Crippen molar-refractivity contribution in [3.8, 4) is 17.2 Å². The standard InChI is InChI=1S/C21H23Cl2N3O5/c1-3-7-30-17-6-5-14(10-18(17)29-4-2)21(28)26-25-11-13-8-15(22)20(16(23)9-13)31-12-19(24)27/h5-6,8-11H,3-4,7,12H2,1-2H3,(H2,24,27)(H,26,28)/b25-11+. The fourth-order valence-electron chi connectivity index (χ4n) is 2.41. The topological polar surface area (TPSA) is 112 Å². The van der Waals surface area contributed by atoms with E-state index in [0.29, 0.717) is 35.8 Å². The van der Waals surface area contributed by atoms with Crippen LogP contribution in [0.1, 0.15) is 36.2 Å². The van der Waals surface area contributed by atoms with Gasteiger partial charge in [0, 0.05) is 5.56 Å². The third-order valence-corrected chi connectivity index (χ3v) is 4.29. The lowest BCUT2D eigenvalue weighted by atomic mass is 10.2. The summed E-state index contributed by atoms with van der Waals surface area (Å²) >= 11 is 12.2. The van der Waals surface area contributed by atoms with Gasteiger partial charge in [0.25, 0.3) is 11.8 Å². The number of rotatable bonds is 11. The fraction of sp³-hybridized carbons (Fsp3) is 0.286. The molecule has 8 nitrogen and oxygen atoms in total. The minimum absolute atomic E-state index is 0.136. The zero-order valence-corrected chi connectivity index (χ0v) is 18.6. The molecule has 0 saturated heterocycles. The number of hydrogen-bond acceptors (Lipinski definition) is 6. The van der Waals surface area contributed by atoms with Crippen molar-refractivity contribution in [3.05, 3.63) is 51.5 Å². The van der Waals surface area contributed by atoms with Gasteiger partial charge in [0.1, 0.15) is 0 Å². The van der Waals surface area contributed by atoms with Gasteiger partial charge in [-0.1, -0.05) is 30.1 Å². The monoisotopic (exact) mass is 467 g/mol. The molecule has 0 saturated carbocycles. The number of nitrogens with zero attached hydrogens (tertiary/aromatic N) is 1. The Morgan fingerprint density at radius 2 is 1.77 bits per heavy atom. The highest BCUT2D eigenvalue weighted by Crippen LogP contribution is 2.34. The van der Waals surface area contributed by atoms with Crippen LogP contribution in [0.25, 0.3) is 0 Å². The Bertz CT molecular complexity index is 943. The van der Waals surface area contributed by atoms with Gasteiger partial charge in [-0.2, -0.15) is 5.10 Å². The van der Waals surface area contributed by atoms with Crippen molar-refractivity contribution in [3.63, 3.8) is 0 Å². The molecule has 2 aromatic rings. The molecule has 0 aromatic heterocycles. The van der Waals surface area contributed by atoms with Crippen molar-refractivity contribution < 1.29 is 23.8 Å². The summed E-state index contributed by atoms with van der Waals surface area (Å²) in [5, 5.41) is 4.27. The molecule has 0 fully saturated rings. The molecule has 2 aromatic carbocycles. The number of nitrogens with two attached hydrogens (primary N) is 1. The van der Waals surface area contributed by atoms with E-state index in [1.54, 1.807) is 18.2 Å². The Labute approximate surface area is 190 Å². The van der Waals surface area contributed by atoms with E-state index in [9.17, 15) is 9.59 Å². The lowest BCUT2D eigenvalue weighted by Crippen LogP contribution is -2.20. The fourth-order valence-corrected chi connectivity index (χ4v) is 3.03. The van der Waals surface area contributed by atoms with Gasteiger partial charge >= 0.3 is 0 Å². The normalized spacial score (nSPS) is 10.7. The van der Waals surface area contributed by atoms with Gasteiger partial charge in [0.15, 0.2) is 23.9 Å². The molecule has 0 atom stereocenters. The van der Waals surface area contributed by atoms with E-state index in [2.05, 4.69) is 10.5 Å². The van der Waals surface area contributed by atoms with Gasteiger partial charge in [-0.3, -0.25) is 9.59 Å². The van der Waals surface area contributed by atoms with E-state index >= 15 is 0 Å². The molecule has 0 aliphatic rings. The molecule has 0 spiro atoms. The zero-order valence-electron chi connectivity index (χ0n) is 17.1. The Balaban J connectivity index is 2.08. The molecule has 0 aliphatic heterocycles. The van der Waals surface area contributed by atoms with Crippen LogP contribution in [-0.2, 0) is 4.79 Å². The van der Waals surface area contributed by atoms with Crippen molar-refractivity contribution in [1.29, 1.82) is 0 Å². The highest BCUT2D eigenvalue weighted by molar-refractivity contribution is 6.37. The molecule has 0 heterocycles. The highest BCUT2D eigenvalue weighted by atomic mass is 35.5. The first-order chi connectivity index (χ1) is 14.8. The molecule has 166 valence electrons. The molecule has 2 rings (SSSR count). The van der Waals surface area contributed by atoms with Crippen LogP contribution in [0.4, 0.5) is 0 Å². The SMILES string of the molecule is CCCOc1ccc(C(=O)N/N=C/c2cc(Cl)c(OCC(N)=O)c(Cl)c2)cc1OCC. The molecule has 10 heteroatoms. The van der Waals surface area contributed by atoms with Gasteiger partial charge in [-0.05, 0) is 49.2 Å². The van der Waals surface area contributed by atoms with Crippen LogP contribution in [0.3, 0.4) is 0 Å². The minimum atomic E-state index is -0.655. The van der Waals surface area contributed by atoms with Crippen molar-refractivity contribution in [2.75, 3.05) is 19.8 Å². The first kappa shape index (κ1) is 24.3. The largest absolute Gasteiger partial charge is 0.490 e. The summed E-state index contributed by atoms with van der Waals surface area (Å²) in [6.45, 7) is 4.48. The predicted octanol–water partition coefficient (Wildman–Crippen LogP) is 3.81. The third kappa shape index (κ3) is 7.34. The Morgan fingerprint density at radius 3 is 2.39 bits per heavy atom. The second-order valence-corrected chi connectivity index (χ2v) is 7.03. The summed E-state index contributed by atoms with van der Waals surface area (Å²) in [6, 6.07) is 7.94. The van der Waals surface area contributed by atoms with E-state index in [4.69, 9.17) is 43.1 Å². The van der Waals surface area contributed by atoms with Crippen LogP contribution in [-0.4, -0.2) is 37.8 Å². The molecule has 0 bridgehead atoms. The van der Waals surface area contributed by atoms with Crippen LogP contribution < -0.4 is 25.4 Å². The van der Waals surface area contributed by atoms with Crippen LogP contribution in [0, 0.1) is 0 Å². The maximum absolute atomic E-state index is 12.4. The Hall–Kier alpha value is -2.97. The maximum Gasteiger partial charge on any atom is 0.271 e. The summed E-state index contributed by atoms with van der Waals surface area (Å²) in [4.78, 5) is 23.3. The van der Waals surface area contributed by atoms with Gasteiger partial charge in [0.05, 0.1) is 29.5 Å². The average Bonchev–Trinajstić information content (AvgIpc) is 2.72. The van der Waals surface area contributed by atoms with Crippen LogP contribution in [0.2, 0.25) is 10.0 Å². The highest BCUT2D eigenvalue weighted by Gasteiger charge is 2.12. The zero-order chi connectivity index (χ0) is 22.8. The molecule has 0 aliphatic carbocycles. The van der Waals surface area contributed by atoms with E-state index in [-0.39, 0.29) is 22.4 Å². The average molecular weight is 468 g/mol. The smallest absolute Gasteiger partial charge is 0.271 e. The number of ether oxygens (including phenoxy) is 3. The molecule has 0 radical (unpaired) electrons. The third-order valence-electron chi connectivity index (χ3n) is 3.73. The molecular weight excluding hydrogens is 445 g/mol. The van der Waals surface area contributed by atoms with Crippen LogP contribution >= 0.6 is 23.2 Å². The lowest BCUT2D eigenvalue weighted by Gasteiger charge is -2.12. The number of hydrazone groups is 1. The minimum Gasteiger partial charge on any atom is -0.490 e. The van der Waals surface area contributed by atoms with E-state index < -0.39 is 11.8 Å². The molecule has 2 amide bonds. The second-order valence-electron chi connectivity index (χ2n) is 6.21. The number of hydrogen-bond donors (Lipinski definition) is 2. The number of halogens is 2. The summed E-state index contributed by atoms with van der Waals surface area (Å²) < 4.78 is 16.4. The number of primary amides is 1. The van der Waals surface area contributed by atoms with Crippen molar-refractivity contribution in [2.24, 2.45) is 10.8 Å². The molecule has 3 N–H and O–H groups in total. The number of benzene rings is 2. The van der Waals surface area contributed by atoms with Crippen molar-refractivity contribution in [1.82, 2.24) is 5.43 Å². The van der Waals surface area contributed by atoms with Gasteiger partial charge in [0.2, 0.25) is 0 Å². The maximum atomic E-state index is 12.4. The first-order valence-corrected chi connectivity index (χ1v) is 10.2. The molecular formula is C21H23Cl2N3O5.